The van der Waals surface area contributed by atoms with Crippen LogP contribution in [-0.2, 0) is 13.1 Å². The molecule has 0 aliphatic carbocycles. The minimum absolute atomic E-state index is 0.481. The van der Waals surface area contributed by atoms with Crippen molar-refractivity contribution in [1.82, 2.24) is 14.7 Å². The van der Waals surface area contributed by atoms with Gasteiger partial charge in [0.2, 0.25) is 0 Å². The highest BCUT2D eigenvalue weighted by Gasteiger charge is 2.12. The van der Waals surface area contributed by atoms with E-state index in [0.717, 1.165) is 17.7 Å². The van der Waals surface area contributed by atoms with Gasteiger partial charge in [0, 0.05) is 24.8 Å². The number of aliphatic hydroxyl groups excluding tert-OH is 1. The molecule has 0 aliphatic rings. The summed E-state index contributed by atoms with van der Waals surface area (Å²) >= 11 is 0. The first-order chi connectivity index (χ1) is 10.5. The molecule has 0 saturated carbocycles. The zero-order chi connectivity index (χ0) is 16.1. The molecule has 1 aromatic carbocycles. The Balaban J connectivity index is 1.95. The highest BCUT2D eigenvalue weighted by atomic mass is 16.3. The van der Waals surface area contributed by atoms with E-state index in [4.69, 9.17) is 6.42 Å². The molecule has 2 rings (SSSR count). The molecule has 1 heterocycles. The van der Waals surface area contributed by atoms with Gasteiger partial charge in [0.1, 0.15) is 6.54 Å². The first-order valence-corrected chi connectivity index (χ1v) is 7.37. The second kappa shape index (κ2) is 7.26. The van der Waals surface area contributed by atoms with Crippen LogP contribution in [0.3, 0.4) is 0 Å². The lowest BCUT2D eigenvalue weighted by molar-refractivity contribution is 0.123. The zero-order valence-electron chi connectivity index (χ0n) is 13.5. The van der Waals surface area contributed by atoms with E-state index in [9.17, 15) is 5.11 Å². The van der Waals surface area contributed by atoms with Crippen LogP contribution in [0.2, 0.25) is 0 Å². The van der Waals surface area contributed by atoms with Crippen molar-refractivity contribution in [2.75, 3.05) is 13.6 Å². The highest BCUT2D eigenvalue weighted by Crippen LogP contribution is 2.18. The van der Waals surface area contributed by atoms with Crippen LogP contribution in [0.15, 0.2) is 30.6 Å². The summed E-state index contributed by atoms with van der Waals surface area (Å²) in [6.07, 6.45) is 8.54. The maximum Gasteiger partial charge on any atom is 0.101 e. The van der Waals surface area contributed by atoms with Gasteiger partial charge in [0.15, 0.2) is 0 Å². The summed E-state index contributed by atoms with van der Waals surface area (Å²) in [5.74, 6) is 2.56. The number of likely N-dealkylation sites (N-methyl/N-ethyl adjacent to an activating group) is 1. The lowest BCUT2D eigenvalue weighted by atomic mass is 10.0. The first kappa shape index (κ1) is 16.3. The molecule has 4 heteroatoms. The van der Waals surface area contributed by atoms with Crippen molar-refractivity contribution in [3.8, 4) is 12.3 Å². The van der Waals surface area contributed by atoms with Gasteiger partial charge in [-0.3, -0.25) is 9.58 Å². The third kappa shape index (κ3) is 4.45. The van der Waals surface area contributed by atoms with Crippen molar-refractivity contribution in [3.05, 3.63) is 52.8 Å². The standard InChI is InChI=1S/C18H23N3O/c1-5-6-21-12-16(10-19-21)11-20(4)13-18(22)17-8-14(2)7-15(3)9-17/h1,7-10,12,18,22H,6,11,13H2,2-4H3. The van der Waals surface area contributed by atoms with Crippen LogP contribution >= 0.6 is 0 Å². The molecule has 0 amide bonds. The SMILES string of the molecule is C#CCn1cc(CN(C)CC(O)c2cc(C)cc(C)c2)cn1. The van der Waals surface area contributed by atoms with Gasteiger partial charge in [-0.2, -0.15) is 5.10 Å². The molecule has 2 aromatic rings. The lowest BCUT2D eigenvalue weighted by Gasteiger charge is -2.20. The molecule has 0 bridgehead atoms. The number of aryl methyl sites for hydroxylation is 2. The molecule has 1 unspecified atom stereocenters. The van der Waals surface area contributed by atoms with Crippen molar-refractivity contribution in [2.45, 2.75) is 33.0 Å². The van der Waals surface area contributed by atoms with Gasteiger partial charge in [0.25, 0.3) is 0 Å². The molecule has 1 N–H and O–H groups in total. The average Bonchev–Trinajstić information content (AvgIpc) is 2.85. The number of hydrogen-bond donors (Lipinski definition) is 1. The van der Waals surface area contributed by atoms with Crippen LogP contribution in [-0.4, -0.2) is 33.4 Å². The molecule has 0 spiro atoms. The third-order valence-electron chi connectivity index (χ3n) is 3.51. The van der Waals surface area contributed by atoms with Crippen LogP contribution in [0.4, 0.5) is 0 Å². The minimum atomic E-state index is -0.496. The van der Waals surface area contributed by atoms with Crippen LogP contribution in [0.5, 0.6) is 0 Å². The van der Waals surface area contributed by atoms with Gasteiger partial charge in [-0.05, 0) is 26.5 Å². The van der Waals surface area contributed by atoms with Gasteiger partial charge in [-0.1, -0.05) is 35.2 Å². The number of hydrogen-bond acceptors (Lipinski definition) is 3. The Kier molecular flexibility index (Phi) is 5.37. The zero-order valence-corrected chi connectivity index (χ0v) is 13.5. The number of rotatable bonds is 6. The van der Waals surface area contributed by atoms with E-state index < -0.39 is 6.10 Å². The van der Waals surface area contributed by atoms with Gasteiger partial charge < -0.3 is 5.11 Å². The fraction of sp³-hybridized carbons (Fsp3) is 0.389. The molecular weight excluding hydrogens is 274 g/mol. The van der Waals surface area contributed by atoms with Crippen molar-refractivity contribution in [2.24, 2.45) is 0 Å². The van der Waals surface area contributed by atoms with E-state index in [1.807, 2.05) is 45.4 Å². The molecule has 0 fully saturated rings. The maximum absolute atomic E-state index is 10.4. The minimum Gasteiger partial charge on any atom is -0.387 e. The number of aromatic nitrogens is 2. The summed E-state index contributed by atoms with van der Waals surface area (Å²) in [5, 5.41) is 14.6. The smallest absolute Gasteiger partial charge is 0.101 e. The van der Waals surface area contributed by atoms with Crippen LogP contribution in [0.25, 0.3) is 0 Å². The monoisotopic (exact) mass is 297 g/mol. The van der Waals surface area contributed by atoms with Gasteiger partial charge in [-0.15, -0.1) is 6.42 Å². The lowest BCUT2D eigenvalue weighted by Crippen LogP contribution is -2.24. The molecule has 1 atom stereocenters. The summed E-state index contributed by atoms with van der Waals surface area (Å²) in [5.41, 5.74) is 4.40. The Bertz CT molecular complexity index is 649. The number of aliphatic hydroxyl groups is 1. The Morgan fingerprint density at radius 2 is 2.00 bits per heavy atom. The molecular formula is C18H23N3O. The quantitative estimate of drug-likeness (QED) is 0.832. The van der Waals surface area contributed by atoms with Gasteiger partial charge in [0.05, 0.1) is 12.3 Å². The second-order valence-corrected chi connectivity index (χ2v) is 5.88. The van der Waals surface area contributed by atoms with E-state index in [1.54, 1.807) is 4.68 Å². The topological polar surface area (TPSA) is 41.3 Å². The molecule has 22 heavy (non-hydrogen) atoms. The Morgan fingerprint density at radius 3 is 2.64 bits per heavy atom. The number of benzene rings is 1. The summed E-state index contributed by atoms with van der Waals surface area (Å²) in [7, 11) is 1.99. The molecule has 0 radical (unpaired) electrons. The highest BCUT2D eigenvalue weighted by molar-refractivity contribution is 5.30. The number of nitrogens with zero attached hydrogens (tertiary/aromatic N) is 3. The van der Waals surface area contributed by atoms with Crippen molar-refractivity contribution in [3.63, 3.8) is 0 Å². The van der Waals surface area contributed by atoms with E-state index in [1.165, 1.54) is 11.1 Å². The van der Waals surface area contributed by atoms with Crippen LogP contribution in [0.1, 0.15) is 28.4 Å². The van der Waals surface area contributed by atoms with E-state index in [2.05, 4.69) is 22.0 Å². The average molecular weight is 297 g/mol. The van der Waals surface area contributed by atoms with Gasteiger partial charge in [-0.25, -0.2) is 0 Å². The summed E-state index contributed by atoms with van der Waals surface area (Å²) in [6.45, 7) is 5.88. The largest absolute Gasteiger partial charge is 0.387 e. The van der Waals surface area contributed by atoms with Crippen LogP contribution < -0.4 is 0 Å². The van der Waals surface area contributed by atoms with E-state index in [0.29, 0.717) is 13.1 Å². The fourth-order valence-corrected chi connectivity index (χ4v) is 2.65. The summed E-state index contributed by atoms with van der Waals surface area (Å²) < 4.78 is 1.74. The van der Waals surface area contributed by atoms with Crippen molar-refractivity contribution < 1.29 is 5.11 Å². The Morgan fingerprint density at radius 1 is 1.32 bits per heavy atom. The van der Waals surface area contributed by atoms with E-state index >= 15 is 0 Å². The molecule has 0 saturated heterocycles. The maximum atomic E-state index is 10.4. The van der Waals surface area contributed by atoms with Crippen molar-refractivity contribution >= 4 is 0 Å². The molecule has 4 nitrogen and oxygen atoms in total. The second-order valence-electron chi connectivity index (χ2n) is 5.88. The fourth-order valence-electron chi connectivity index (χ4n) is 2.65. The molecule has 0 aliphatic heterocycles. The summed E-state index contributed by atoms with van der Waals surface area (Å²) in [6, 6.07) is 6.19. The van der Waals surface area contributed by atoms with E-state index in [-0.39, 0.29) is 0 Å². The predicted octanol–water partition coefficient (Wildman–Crippen LogP) is 2.30. The Labute approximate surface area is 132 Å². The van der Waals surface area contributed by atoms with Crippen molar-refractivity contribution in [1.29, 1.82) is 0 Å². The Hall–Kier alpha value is -2.09. The van der Waals surface area contributed by atoms with Gasteiger partial charge >= 0.3 is 0 Å². The molecule has 1 aromatic heterocycles. The van der Waals surface area contributed by atoms with Crippen LogP contribution in [0, 0.1) is 26.2 Å². The summed E-state index contributed by atoms with van der Waals surface area (Å²) in [4.78, 5) is 2.08. The first-order valence-electron chi connectivity index (χ1n) is 7.37. The molecule has 116 valence electrons. The number of terminal acetylenes is 1. The third-order valence-corrected chi connectivity index (χ3v) is 3.51. The predicted molar refractivity (Wildman–Crippen MR) is 88.3 cm³/mol. The normalized spacial score (nSPS) is 12.4.